The van der Waals surface area contributed by atoms with E-state index < -0.39 is 0 Å². The van der Waals surface area contributed by atoms with Gasteiger partial charge in [0.25, 0.3) is 0 Å². The molecule has 1 fully saturated rings. The van der Waals surface area contributed by atoms with Crippen molar-refractivity contribution in [3.63, 3.8) is 0 Å². The molecule has 0 N–H and O–H groups in total. The van der Waals surface area contributed by atoms with Crippen LogP contribution in [0.1, 0.15) is 77.2 Å². The maximum absolute atomic E-state index is 4.44. The number of unbranched alkanes of at least 4 members (excludes halogenated alkanes) is 1. The van der Waals surface area contributed by atoms with Crippen LogP contribution in [0.25, 0.3) is 0 Å². The number of rotatable bonds is 11. The molecule has 0 unspecified atom stereocenters. The fraction of sp³-hybridized carbons (Fsp3) is 0.438. The predicted octanol–water partition coefficient (Wildman–Crippen LogP) is 10.8. The molecule has 3 aromatic carbocycles. The molecule has 194 valence electrons. The number of hydrogen-bond donors (Lipinski definition) is 0. The minimum Gasteiger partial charge on any atom is -0.372 e. The third-order valence-electron chi connectivity index (χ3n) is 7.57. The summed E-state index contributed by atoms with van der Waals surface area (Å²) >= 11 is 0. The molecule has 3 aromatic rings. The van der Waals surface area contributed by atoms with Crippen molar-refractivity contribution in [3.8, 4) is 0 Å². The van der Waals surface area contributed by atoms with Crippen LogP contribution in [0.5, 0.6) is 0 Å². The van der Waals surface area contributed by atoms with Crippen molar-refractivity contribution in [2.24, 2.45) is 26.4 Å². The average molecular weight is 496 g/mol. The summed E-state index contributed by atoms with van der Waals surface area (Å²) in [6, 6.07) is 24.5. The minimum atomic E-state index is 0.700. The summed E-state index contributed by atoms with van der Waals surface area (Å²) in [5.74, 6) is 1.65. The fourth-order valence-corrected chi connectivity index (χ4v) is 5.23. The van der Waals surface area contributed by atoms with Crippen molar-refractivity contribution in [1.29, 1.82) is 0 Å². The van der Waals surface area contributed by atoms with E-state index in [-0.39, 0.29) is 0 Å². The molecule has 37 heavy (non-hydrogen) atoms. The minimum absolute atomic E-state index is 0.700. The summed E-state index contributed by atoms with van der Waals surface area (Å²) < 4.78 is 0. The average Bonchev–Trinajstić information content (AvgIpc) is 2.96. The van der Waals surface area contributed by atoms with Crippen LogP contribution < -0.4 is 4.90 Å². The van der Waals surface area contributed by atoms with Gasteiger partial charge in [-0.2, -0.15) is 20.5 Å². The van der Waals surface area contributed by atoms with E-state index in [1.165, 1.54) is 56.2 Å². The number of azo groups is 2. The monoisotopic (exact) mass is 495 g/mol. The van der Waals surface area contributed by atoms with Gasteiger partial charge in [0.2, 0.25) is 0 Å². The first-order chi connectivity index (χ1) is 18.2. The molecule has 0 aliphatic heterocycles. The summed E-state index contributed by atoms with van der Waals surface area (Å²) in [7, 11) is 0. The van der Waals surface area contributed by atoms with Gasteiger partial charge in [-0.25, -0.2) is 0 Å². The molecule has 1 aliphatic carbocycles. The van der Waals surface area contributed by atoms with Gasteiger partial charge in [0.1, 0.15) is 0 Å². The lowest BCUT2D eigenvalue weighted by Crippen LogP contribution is -2.21. The summed E-state index contributed by atoms with van der Waals surface area (Å²) in [6.07, 6.45) is 9.51. The Kier molecular flexibility index (Phi) is 9.98. The second-order valence-corrected chi connectivity index (χ2v) is 10.1. The lowest BCUT2D eigenvalue weighted by atomic mass is 9.77. The Hall–Kier alpha value is -3.34. The van der Waals surface area contributed by atoms with Gasteiger partial charge < -0.3 is 4.90 Å². The van der Waals surface area contributed by atoms with Crippen LogP contribution in [-0.2, 0) is 0 Å². The topological polar surface area (TPSA) is 52.7 Å². The van der Waals surface area contributed by atoms with E-state index in [1.807, 2.05) is 36.4 Å². The molecule has 0 bridgehead atoms. The Balaban J connectivity index is 1.28. The van der Waals surface area contributed by atoms with E-state index in [0.29, 0.717) is 5.92 Å². The maximum Gasteiger partial charge on any atom is 0.0858 e. The number of benzene rings is 3. The highest BCUT2D eigenvalue weighted by molar-refractivity contribution is 5.53. The number of anilines is 1. The Morgan fingerprint density at radius 3 is 1.46 bits per heavy atom. The van der Waals surface area contributed by atoms with E-state index in [2.05, 4.69) is 82.5 Å². The zero-order valence-corrected chi connectivity index (χ0v) is 22.7. The van der Waals surface area contributed by atoms with Crippen LogP contribution in [0, 0.1) is 5.92 Å². The first-order valence-electron chi connectivity index (χ1n) is 14.1. The number of nitrogens with zero attached hydrogens (tertiary/aromatic N) is 5. The van der Waals surface area contributed by atoms with Crippen LogP contribution in [0.3, 0.4) is 0 Å². The van der Waals surface area contributed by atoms with Crippen LogP contribution in [0.2, 0.25) is 0 Å². The van der Waals surface area contributed by atoms with Crippen molar-refractivity contribution in [2.75, 3.05) is 18.0 Å². The van der Waals surface area contributed by atoms with Crippen LogP contribution in [0.4, 0.5) is 28.4 Å². The smallest absolute Gasteiger partial charge is 0.0858 e. The molecule has 5 nitrogen and oxygen atoms in total. The SMILES string of the molecule is CCCCC1CCC(c2ccc(N=Nc3ccc(N=Nc4ccc(N(CC)CC)cc4)cc3)cc2)CC1. The third kappa shape index (κ3) is 7.82. The second kappa shape index (κ2) is 13.8. The molecule has 0 aromatic heterocycles. The molecular weight excluding hydrogens is 454 g/mol. The quantitative estimate of drug-likeness (QED) is 0.244. The van der Waals surface area contributed by atoms with Gasteiger partial charge >= 0.3 is 0 Å². The summed E-state index contributed by atoms with van der Waals surface area (Å²) in [5, 5.41) is 17.6. The molecule has 1 aliphatic rings. The summed E-state index contributed by atoms with van der Waals surface area (Å²) in [5.41, 5.74) is 5.98. The molecule has 0 amide bonds. The summed E-state index contributed by atoms with van der Waals surface area (Å²) in [6.45, 7) is 8.60. The Morgan fingerprint density at radius 1 is 0.595 bits per heavy atom. The molecule has 4 rings (SSSR count). The van der Waals surface area contributed by atoms with Crippen LogP contribution in [0.15, 0.2) is 93.3 Å². The van der Waals surface area contributed by atoms with Gasteiger partial charge in [-0.1, -0.05) is 38.3 Å². The van der Waals surface area contributed by atoms with Crippen molar-refractivity contribution in [1.82, 2.24) is 0 Å². The first kappa shape index (κ1) is 26.7. The highest BCUT2D eigenvalue weighted by Gasteiger charge is 2.21. The highest BCUT2D eigenvalue weighted by Crippen LogP contribution is 2.38. The largest absolute Gasteiger partial charge is 0.372 e. The van der Waals surface area contributed by atoms with Gasteiger partial charge in [-0.05, 0) is 118 Å². The molecule has 0 spiro atoms. The van der Waals surface area contributed by atoms with Gasteiger partial charge in [0, 0.05) is 18.8 Å². The van der Waals surface area contributed by atoms with E-state index >= 15 is 0 Å². The zero-order chi connectivity index (χ0) is 25.9. The van der Waals surface area contributed by atoms with Crippen molar-refractivity contribution < 1.29 is 0 Å². The Labute approximate surface area is 222 Å². The van der Waals surface area contributed by atoms with Crippen molar-refractivity contribution in [2.45, 2.75) is 71.6 Å². The lowest BCUT2D eigenvalue weighted by molar-refractivity contribution is 0.304. The van der Waals surface area contributed by atoms with Crippen molar-refractivity contribution in [3.05, 3.63) is 78.4 Å². The molecule has 0 radical (unpaired) electrons. The molecule has 0 saturated heterocycles. The maximum atomic E-state index is 4.44. The molecule has 1 saturated carbocycles. The summed E-state index contributed by atoms with van der Waals surface area (Å²) in [4.78, 5) is 2.31. The Bertz CT molecular complexity index is 1120. The van der Waals surface area contributed by atoms with E-state index in [1.54, 1.807) is 0 Å². The van der Waals surface area contributed by atoms with E-state index in [4.69, 9.17) is 0 Å². The standard InChI is InChI=1S/C32H41N5/c1-4-7-8-25-9-11-26(12-10-25)27-13-15-28(16-14-27)33-34-29-17-19-30(20-18-29)35-36-31-21-23-32(24-22-31)37(5-2)6-3/h13-26H,4-12H2,1-3H3. The molecular formula is C32H41N5. The van der Waals surface area contributed by atoms with Gasteiger partial charge in [0.05, 0.1) is 22.7 Å². The van der Waals surface area contributed by atoms with Gasteiger partial charge in [-0.3, -0.25) is 0 Å². The second-order valence-electron chi connectivity index (χ2n) is 10.1. The Morgan fingerprint density at radius 2 is 1.03 bits per heavy atom. The molecule has 5 heteroatoms. The van der Waals surface area contributed by atoms with Gasteiger partial charge in [-0.15, -0.1) is 0 Å². The lowest BCUT2D eigenvalue weighted by Gasteiger charge is -2.28. The highest BCUT2D eigenvalue weighted by atomic mass is 15.1. The predicted molar refractivity (Wildman–Crippen MR) is 155 cm³/mol. The van der Waals surface area contributed by atoms with Crippen molar-refractivity contribution >= 4 is 28.4 Å². The third-order valence-corrected chi connectivity index (χ3v) is 7.57. The molecule has 0 heterocycles. The first-order valence-corrected chi connectivity index (χ1v) is 14.1. The zero-order valence-electron chi connectivity index (χ0n) is 22.7. The molecule has 0 atom stereocenters. The fourth-order valence-electron chi connectivity index (χ4n) is 5.23. The van der Waals surface area contributed by atoms with E-state index in [9.17, 15) is 0 Å². The van der Waals surface area contributed by atoms with Gasteiger partial charge in [0.15, 0.2) is 0 Å². The van der Waals surface area contributed by atoms with Crippen LogP contribution >= 0.6 is 0 Å². The normalized spacial score (nSPS) is 18.0. The number of hydrogen-bond acceptors (Lipinski definition) is 5. The van der Waals surface area contributed by atoms with E-state index in [0.717, 1.165) is 41.8 Å². The van der Waals surface area contributed by atoms with Crippen LogP contribution in [-0.4, -0.2) is 13.1 Å².